The summed E-state index contributed by atoms with van der Waals surface area (Å²) >= 11 is 0. The third-order valence-corrected chi connectivity index (χ3v) is 6.05. The van der Waals surface area contributed by atoms with E-state index < -0.39 is 5.97 Å². The SMILES string of the molecule is C=CC1=C(/C=C(C)/C(=C/C=C(\C)OCCC)C(=C)C)CCN(C)[C@H]1CN/C(C)=C(/C=C\N=C)C(=O)O. The van der Waals surface area contributed by atoms with E-state index in [0.717, 1.165) is 47.4 Å². The van der Waals surface area contributed by atoms with Gasteiger partial charge in [-0.3, -0.25) is 9.89 Å². The molecule has 1 atom stereocenters. The molecular weight excluding hydrogens is 450 g/mol. The molecule has 0 aliphatic carbocycles. The molecule has 1 rings (SSSR count). The van der Waals surface area contributed by atoms with Gasteiger partial charge in [0.05, 0.1) is 24.0 Å². The van der Waals surface area contributed by atoms with E-state index in [9.17, 15) is 9.90 Å². The van der Waals surface area contributed by atoms with Crippen LogP contribution in [0.25, 0.3) is 0 Å². The Kier molecular flexibility index (Phi) is 13.3. The highest BCUT2D eigenvalue weighted by Gasteiger charge is 2.25. The Labute approximate surface area is 217 Å². The molecule has 36 heavy (non-hydrogen) atoms. The van der Waals surface area contributed by atoms with E-state index in [0.29, 0.717) is 18.8 Å². The van der Waals surface area contributed by atoms with E-state index in [1.54, 1.807) is 6.92 Å². The Hall–Kier alpha value is -3.38. The molecule has 2 N–H and O–H groups in total. The number of hydrogen-bond donors (Lipinski definition) is 2. The average Bonchev–Trinajstić information content (AvgIpc) is 2.82. The van der Waals surface area contributed by atoms with Gasteiger partial charge in [0.25, 0.3) is 0 Å². The summed E-state index contributed by atoms with van der Waals surface area (Å²) in [6.07, 6.45) is 12.9. The second-order valence-electron chi connectivity index (χ2n) is 8.97. The Morgan fingerprint density at radius 1 is 1.28 bits per heavy atom. The van der Waals surface area contributed by atoms with Gasteiger partial charge in [-0.2, -0.15) is 0 Å². The van der Waals surface area contributed by atoms with Crippen molar-refractivity contribution >= 4 is 12.7 Å². The van der Waals surface area contributed by atoms with Gasteiger partial charge in [0.1, 0.15) is 0 Å². The third-order valence-electron chi connectivity index (χ3n) is 6.05. The van der Waals surface area contributed by atoms with Gasteiger partial charge in [-0.1, -0.05) is 43.9 Å². The van der Waals surface area contributed by atoms with Crippen molar-refractivity contribution in [3.05, 3.63) is 94.6 Å². The Morgan fingerprint density at radius 2 is 1.97 bits per heavy atom. The number of aliphatic carboxylic acids is 1. The lowest BCUT2D eigenvalue weighted by atomic mass is 9.89. The molecule has 0 amide bonds. The van der Waals surface area contributed by atoms with Crippen LogP contribution in [0.2, 0.25) is 0 Å². The Balaban J connectivity index is 3.32. The van der Waals surface area contributed by atoms with E-state index in [1.165, 1.54) is 17.8 Å². The van der Waals surface area contributed by atoms with Gasteiger partial charge in [0, 0.05) is 25.0 Å². The molecule has 0 bridgehead atoms. The van der Waals surface area contributed by atoms with Crippen LogP contribution in [-0.2, 0) is 9.53 Å². The summed E-state index contributed by atoms with van der Waals surface area (Å²) < 4.78 is 5.69. The quantitative estimate of drug-likeness (QED) is 0.132. The zero-order valence-electron chi connectivity index (χ0n) is 22.9. The molecule has 0 spiro atoms. The van der Waals surface area contributed by atoms with Crippen molar-refractivity contribution in [1.82, 2.24) is 10.2 Å². The van der Waals surface area contributed by atoms with E-state index >= 15 is 0 Å². The normalized spacial score (nSPS) is 18.7. The number of carboxylic acids is 1. The van der Waals surface area contributed by atoms with Crippen molar-refractivity contribution in [2.45, 2.75) is 53.5 Å². The maximum Gasteiger partial charge on any atom is 0.337 e. The highest BCUT2D eigenvalue weighted by Crippen LogP contribution is 2.28. The predicted molar refractivity (Wildman–Crippen MR) is 152 cm³/mol. The minimum Gasteiger partial charge on any atom is -0.498 e. The number of carboxylic acid groups (broad SMARTS) is 1. The molecule has 6 heteroatoms. The fourth-order valence-electron chi connectivity index (χ4n) is 4.03. The summed E-state index contributed by atoms with van der Waals surface area (Å²) in [6.45, 7) is 23.7. The van der Waals surface area contributed by atoms with Crippen molar-refractivity contribution in [3.8, 4) is 0 Å². The van der Waals surface area contributed by atoms with Crippen LogP contribution in [0, 0.1) is 0 Å². The van der Waals surface area contributed by atoms with Crippen molar-refractivity contribution < 1.29 is 14.6 Å². The van der Waals surface area contributed by atoms with Gasteiger partial charge in [0.15, 0.2) is 0 Å². The molecule has 0 aromatic rings. The average molecular weight is 494 g/mol. The molecule has 196 valence electrons. The first-order chi connectivity index (χ1) is 17.1. The van der Waals surface area contributed by atoms with Crippen LogP contribution in [0.5, 0.6) is 0 Å². The number of carbonyl (C=O) groups is 1. The number of nitrogens with zero attached hydrogens (tertiary/aromatic N) is 2. The minimum atomic E-state index is -1.01. The molecule has 0 saturated carbocycles. The van der Waals surface area contributed by atoms with Gasteiger partial charge in [-0.15, -0.1) is 0 Å². The molecule has 0 unspecified atom stereocenters. The van der Waals surface area contributed by atoms with E-state index in [-0.39, 0.29) is 11.6 Å². The lowest BCUT2D eigenvalue weighted by Crippen LogP contribution is -2.44. The zero-order valence-corrected chi connectivity index (χ0v) is 22.9. The summed E-state index contributed by atoms with van der Waals surface area (Å²) in [4.78, 5) is 17.5. The third kappa shape index (κ3) is 9.34. The van der Waals surface area contributed by atoms with Crippen molar-refractivity contribution in [3.63, 3.8) is 0 Å². The lowest BCUT2D eigenvalue weighted by molar-refractivity contribution is -0.132. The number of hydrogen-bond acceptors (Lipinski definition) is 5. The van der Waals surface area contributed by atoms with Crippen molar-refractivity contribution in [2.24, 2.45) is 4.99 Å². The number of nitrogens with one attached hydrogen (secondary N) is 1. The number of aliphatic imine (C=N–C) groups is 1. The van der Waals surface area contributed by atoms with Crippen molar-refractivity contribution in [2.75, 3.05) is 26.7 Å². The van der Waals surface area contributed by atoms with Gasteiger partial charge in [-0.05, 0) is 88.7 Å². The molecule has 1 aliphatic heterocycles. The molecule has 1 aliphatic rings. The van der Waals surface area contributed by atoms with Crippen LogP contribution in [0.1, 0.15) is 47.5 Å². The first-order valence-corrected chi connectivity index (χ1v) is 12.3. The van der Waals surface area contributed by atoms with Crippen molar-refractivity contribution in [1.29, 1.82) is 0 Å². The number of likely N-dealkylation sites (N-methyl/N-ethyl adjacent to an activating group) is 1. The summed E-state index contributed by atoms with van der Waals surface area (Å²) in [7, 11) is 2.07. The number of ether oxygens (including phenoxy) is 1. The summed E-state index contributed by atoms with van der Waals surface area (Å²) in [5, 5.41) is 12.8. The van der Waals surface area contributed by atoms with Crippen LogP contribution in [0.15, 0.2) is 99.6 Å². The van der Waals surface area contributed by atoms with Crippen LogP contribution < -0.4 is 5.32 Å². The zero-order chi connectivity index (χ0) is 27.3. The van der Waals surface area contributed by atoms with Gasteiger partial charge in [0.2, 0.25) is 0 Å². The fourth-order valence-corrected chi connectivity index (χ4v) is 4.03. The Bertz CT molecular complexity index is 1020. The summed E-state index contributed by atoms with van der Waals surface area (Å²) in [5.74, 6) is -0.137. The molecule has 0 aromatic heterocycles. The van der Waals surface area contributed by atoms with Gasteiger partial charge >= 0.3 is 5.97 Å². The molecule has 1 heterocycles. The smallest absolute Gasteiger partial charge is 0.337 e. The van der Waals surface area contributed by atoms with Crippen LogP contribution in [0.3, 0.4) is 0 Å². The number of rotatable bonds is 14. The van der Waals surface area contributed by atoms with E-state index in [2.05, 4.69) is 68.1 Å². The molecular formula is C30H43N3O3. The highest BCUT2D eigenvalue weighted by atomic mass is 16.5. The number of allylic oxidation sites excluding steroid dienone is 8. The first-order valence-electron chi connectivity index (χ1n) is 12.3. The summed E-state index contributed by atoms with van der Waals surface area (Å²) in [6, 6.07) is 0.0450. The first kappa shape index (κ1) is 30.7. The van der Waals surface area contributed by atoms with Crippen LogP contribution in [0.4, 0.5) is 0 Å². The molecule has 0 radical (unpaired) electrons. The lowest BCUT2D eigenvalue weighted by Gasteiger charge is -2.35. The predicted octanol–water partition coefficient (Wildman–Crippen LogP) is 6.11. The molecule has 0 fully saturated rings. The monoisotopic (exact) mass is 493 g/mol. The van der Waals surface area contributed by atoms with E-state index in [4.69, 9.17) is 4.74 Å². The largest absolute Gasteiger partial charge is 0.498 e. The minimum absolute atomic E-state index is 0.0450. The fraction of sp³-hybridized carbons (Fsp3) is 0.400. The Morgan fingerprint density at radius 3 is 2.53 bits per heavy atom. The maximum atomic E-state index is 11.6. The van der Waals surface area contributed by atoms with Crippen LogP contribution >= 0.6 is 0 Å². The second-order valence-corrected chi connectivity index (χ2v) is 8.97. The van der Waals surface area contributed by atoms with Gasteiger partial charge in [-0.25, -0.2) is 4.79 Å². The van der Waals surface area contributed by atoms with E-state index in [1.807, 2.05) is 26.0 Å². The standard InChI is InChI=1S/C30H43N3O3/c1-10-18-36-23(6)12-13-27(21(3)4)22(5)19-25-15-17-33(9)29(26(25)11-2)20-32-24(7)28(30(34)35)14-16-31-8/h11-14,16,19,29,32H,2-3,8,10,15,17-18,20H2,1,4-7,9H3,(H,34,35)/b16-14-,22-19+,23-12+,27-13+,28-24-/t29-/m0/s1. The molecule has 0 saturated heterocycles. The molecule has 0 aromatic carbocycles. The molecule has 6 nitrogen and oxygen atoms in total. The topological polar surface area (TPSA) is 74.2 Å². The van der Waals surface area contributed by atoms with Gasteiger partial charge < -0.3 is 15.2 Å². The highest BCUT2D eigenvalue weighted by molar-refractivity contribution is 5.90. The maximum absolute atomic E-state index is 11.6. The second kappa shape index (κ2) is 15.6. The van der Waals surface area contributed by atoms with Crippen LogP contribution in [-0.4, -0.2) is 55.5 Å². The summed E-state index contributed by atoms with van der Waals surface area (Å²) in [5.41, 5.74) is 6.26.